The third-order valence-electron chi connectivity index (χ3n) is 3.94. The van der Waals surface area contributed by atoms with E-state index in [1.165, 1.54) is 0 Å². The molecule has 0 saturated carbocycles. The molecule has 0 fully saturated rings. The highest BCUT2D eigenvalue weighted by Gasteiger charge is 2.16. The van der Waals surface area contributed by atoms with Gasteiger partial charge in [-0.25, -0.2) is 4.98 Å². The second-order valence-electron chi connectivity index (χ2n) is 5.77. The molecule has 1 aliphatic carbocycles. The van der Waals surface area contributed by atoms with Gasteiger partial charge < -0.3 is 4.98 Å². The molecule has 26 heavy (non-hydrogen) atoms. The van der Waals surface area contributed by atoms with Crippen molar-refractivity contribution >= 4 is 39.5 Å². The van der Waals surface area contributed by atoms with Crippen molar-refractivity contribution in [3.8, 4) is 0 Å². The zero-order chi connectivity index (χ0) is 18.5. The molecule has 2 aromatic rings. The molecule has 1 aromatic carbocycles. The molecule has 1 heterocycles. The minimum absolute atomic E-state index is 0.0258. The van der Waals surface area contributed by atoms with Crippen molar-refractivity contribution in [2.75, 3.05) is 5.75 Å². The van der Waals surface area contributed by atoms with Crippen molar-refractivity contribution in [1.29, 1.82) is 0 Å². The first kappa shape index (κ1) is 18.7. The van der Waals surface area contributed by atoms with Gasteiger partial charge in [0.2, 0.25) is 5.91 Å². The lowest BCUT2D eigenvalue weighted by Crippen LogP contribution is -2.42. The number of aromatic nitrogens is 2. The van der Waals surface area contributed by atoms with E-state index in [-0.39, 0.29) is 11.3 Å². The largest absolute Gasteiger partial charge is 0.301 e. The van der Waals surface area contributed by atoms with Crippen LogP contribution in [0.2, 0.25) is 0 Å². The van der Waals surface area contributed by atoms with Gasteiger partial charge in [-0.15, -0.1) is 0 Å². The molecular weight excluding hydrogens is 420 g/mol. The fourth-order valence-electron chi connectivity index (χ4n) is 2.66. The van der Waals surface area contributed by atoms with E-state index in [1.54, 1.807) is 24.3 Å². The summed E-state index contributed by atoms with van der Waals surface area (Å²) in [6.07, 6.45) is 3.57. The summed E-state index contributed by atoms with van der Waals surface area (Å²) >= 11 is 4.41. The summed E-state index contributed by atoms with van der Waals surface area (Å²) in [5, 5.41) is 0.419. The van der Waals surface area contributed by atoms with Crippen LogP contribution in [0.1, 0.15) is 34.5 Å². The maximum atomic E-state index is 12.1. The summed E-state index contributed by atoms with van der Waals surface area (Å²) in [6, 6.07) is 6.91. The number of nitrogens with one attached hydrogen (secondary N) is 3. The van der Waals surface area contributed by atoms with Crippen LogP contribution in [0.3, 0.4) is 0 Å². The number of carbonyl (C=O) groups excluding carboxylic acids is 2. The van der Waals surface area contributed by atoms with Crippen LogP contribution in [-0.4, -0.2) is 27.5 Å². The van der Waals surface area contributed by atoms with E-state index in [2.05, 4.69) is 36.7 Å². The normalized spacial score (nSPS) is 13.0. The van der Waals surface area contributed by atoms with Crippen LogP contribution in [-0.2, 0) is 17.6 Å². The number of nitrogens with zero attached hydrogens (tertiary/aromatic N) is 1. The number of carbonyl (C=O) groups is 2. The summed E-state index contributed by atoms with van der Waals surface area (Å²) in [7, 11) is 0. The number of hydrogen-bond acceptors (Lipinski definition) is 5. The minimum atomic E-state index is -0.420. The van der Waals surface area contributed by atoms with Gasteiger partial charge >= 0.3 is 0 Å². The quantitative estimate of drug-likeness (QED) is 0.386. The monoisotopic (exact) mass is 436 g/mol. The zero-order valence-electron chi connectivity index (χ0n) is 13.8. The predicted octanol–water partition coefficient (Wildman–Crippen LogP) is 1.96. The fraction of sp³-hybridized carbons (Fsp3) is 0.294. The Kier molecular flexibility index (Phi) is 6.10. The van der Waals surface area contributed by atoms with Crippen LogP contribution >= 0.6 is 27.7 Å². The molecule has 136 valence electrons. The first-order valence-corrected chi connectivity index (χ1v) is 9.91. The van der Waals surface area contributed by atoms with Gasteiger partial charge in [0.05, 0.1) is 17.0 Å². The van der Waals surface area contributed by atoms with Crippen LogP contribution in [0.4, 0.5) is 0 Å². The number of halogens is 1. The van der Waals surface area contributed by atoms with E-state index in [4.69, 9.17) is 0 Å². The summed E-state index contributed by atoms with van der Waals surface area (Å²) in [4.78, 5) is 43.2. The standard InChI is InChI=1S/C17H17BrN4O3S/c18-12-7-3-1-5-10(12)16(25)22-21-14(23)9-26-17-19-13-8-4-2-6-11(13)15(24)20-17/h1,3,5,7H,2,4,6,8-9H2,(H,21,23)(H,22,25)(H,19,20,24). The van der Waals surface area contributed by atoms with Gasteiger partial charge in [-0.05, 0) is 53.7 Å². The number of aryl methyl sites for hydroxylation is 1. The number of aromatic amines is 1. The summed E-state index contributed by atoms with van der Waals surface area (Å²) in [5.41, 5.74) is 6.59. The Hall–Kier alpha value is -2.13. The Morgan fingerprint density at radius 1 is 1.19 bits per heavy atom. The van der Waals surface area contributed by atoms with Gasteiger partial charge in [-0.3, -0.25) is 25.2 Å². The number of thioether (sulfide) groups is 1. The molecule has 7 nitrogen and oxygen atoms in total. The zero-order valence-corrected chi connectivity index (χ0v) is 16.2. The van der Waals surface area contributed by atoms with Crippen molar-refractivity contribution in [2.45, 2.75) is 30.8 Å². The molecule has 3 N–H and O–H groups in total. The van der Waals surface area contributed by atoms with E-state index in [1.807, 2.05) is 0 Å². The Morgan fingerprint density at radius 2 is 1.96 bits per heavy atom. The van der Waals surface area contributed by atoms with Gasteiger partial charge in [-0.1, -0.05) is 23.9 Å². The summed E-state index contributed by atoms with van der Waals surface area (Å²) in [5.74, 6) is -0.787. The number of rotatable bonds is 4. The van der Waals surface area contributed by atoms with E-state index >= 15 is 0 Å². The van der Waals surface area contributed by atoms with E-state index in [9.17, 15) is 14.4 Å². The Labute approximate surface area is 162 Å². The molecule has 0 saturated heterocycles. The minimum Gasteiger partial charge on any atom is -0.301 e. The third kappa shape index (κ3) is 4.53. The van der Waals surface area contributed by atoms with Crippen molar-refractivity contribution in [3.63, 3.8) is 0 Å². The van der Waals surface area contributed by atoms with Crippen molar-refractivity contribution in [1.82, 2.24) is 20.8 Å². The highest BCUT2D eigenvalue weighted by Crippen LogP contribution is 2.19. The number of hydrazine groups is 1. The van der Waals surface area contributed by atoms with Gasteiger partial charge in [-0.2, -0.15) is 0 Å². The average molecular weight is 437 g/mol. The van der Waals surface area contributed by atoms with Gasteiger partial charge in [0.1, 0.15) is 0 Å². The molecule has 3 rings (SSSR count). The molecule has 1 aromatic heterocycles. The number of hydrogen-bond donors (Lipinski definition) is 3. The lowest BCUT2D eigenvalue weighted by molar-refractivity contribution is -0.119. The van der Waals surface area contributed by atoms with Crippen LogP contribution in [0.5, 0.6) is 0 Å². The second-order valence-corrected chi connectivity index (χ2v) is 7.59. The maximum Gasteiger partial charge on any atom is 0.270 e. The highest BCUT2D eigenvalue weighted by molar-refractivity contribution is 9.10. The molecule has 0 atom stereocenters. The molecule has 9 heteroatoms. The lowest BCUT2D eigenvalue weighted by Gasteiger charge is -2.14. The molecule has 0 spiro atoms. The number of fused-ring (bicyclic) bond motifs is 1. The lowest BCUT2D eigenvalue weighted by atomic mass is 9.97. The van der Waals surface area contributed by atoms with Crippen LogP contribution < -0.4 is 16.4 Å². The molecule has 0 radical (unpaired) electrons. The van der Waals surface area contributed by atoms with Gasteiger partial charge in [0.25, 0.3) is 11.5 Å². The van der Waals surface area contributed by atoms with E-state index in [0.717, 1.165) is 48.7 Å². The van der Waals surface area contributed by atoms with Crippen molar-refractivity contribution in [3.05, 3.63) is 55.9 Å². The van der Waals surface area contributed by atoms with Crippen LogP contribution in [0, 0.1) is 0 Å². The Bertz CT molecular complexity index is 900. The molecule has 0 aliphatic heterocycles. The average Bonchev–Trinajstić information content (AvgIpc) is 2.65. The summed E-state index contributed by atoms with van der Waals surface area (Å²) < 4.78 is 0.636. The number of amides is 2. The van der Waals surface area contributed by atoms with E-state index in [0.29, 0.717) is 15.2 Å². The van der Waals surface area contributed by atoms with E-state index < -0.39 is 11.8 Å². The summed E-state index contributed by atoms with van der Waals surface area (Å²) in [6.45, 7) is 0. The second kappa shape index (κ2) is 8.50. The predicted molar refractivity (Wildman–Crippen MR) is 102 cm³/mol. The fourth-order valence-corrected chi connectivity index (χ4v) is 3.80. The molecular formula is C17H17BrN4O3S. The molecule has 2 amide bonds. The first-order valence-electron chi connectivity index (χ1n) is 8.13. The van der Waals surface area contributed by atoms with Crippen molar-refractivity contribution < 1.29 is 9.59 Å². The topological polar surface area (TPSA) is 104 Å². The molecule has 0 unspecified atom stereocenters. The maximum absolute atomic E-state index is 12.1. The third-order valence-corrected chi connectivity index (χ3v) is 5.51. The molecule has 0 bridgehead atoms. The number of benzene rings is 1. The molecule has 1 aliphatic rings. The van der Waals surface area contributed by atoms with Crippen LogP contribution in [0.25, 0.3) is 0 Å². The number of H-pyrrole nitrogens is 1. The Balaban J connectivity index is 1.53. The first-order chi connectivity index (χ1) is 12.5. The smallest absolute Gasteiger partial charge is 0.270 e. The highest BCUT2D eigenvalue weighted by atomic mass is 79.9. The van der Waals surface area contributed by atoms with Crippen LogP contribution in [0.15, 0.2) is 38.7 Å². The SMILES string of the molecule is O=C(CSc1nc2c(c(=O)[nH]1)CCCC2)NNC(=O)c1ccccc1Br. The van der Waals surface area contributed by atoms with Gasteiger partial charge in [0, 0.05) is 10.0 Å². The van der Waals surface area contributed by atoms with Crippen molar-refractivity contribution in [2.24, 2.45) is 0 Å². The van der Waals surface area contributed by atoms with Gasteiger partial charge in [0.15, 0.2) is 5.16 Å². The Morgan fingerprint density at radius 3 is 2.77 bits per heavy atom.